The molecule has 0 saturated carbocycles. The molecule has 1 saturated heterocycles. The number of esters is 2. The second-order valence-corrected chi connectivity index (χ2v) is 2.92. The van der Waals surface area contributed by atoms with E-state index in [-0.39, 0.29) is 11.8 Å². The van der Waals surface area contributed by atoms with Crippen molar-refractivity contribution in [2.75, 3.05) is 13.7 Å². The first-order valence-corrected chi connectivity index (χ1v) is 3.91. The van der Waals surface area contributed by atoms with Crippen LogP contribution in [-0.4, -0.2) is 25.7 Å². The highest BCUT2D eigenvalue weighted by atomic mass is 16.6. The molecule has 2 atom stereocenters. The van der Waals surface area contributed by atoms with Crippen molar-refractivity contribution in [2.24, 2.45) is 11.8 Å². The van der Waals surface area contributed by atoms with Crippen molar-refractivity contribution < 1.29 is 19.1 Å². The fourth-order valence-corrected chi connectivity index (χ4v) is 1.25. The van der Waals surface area contributed by atoms with E-state index in [1.165, 1.54) is 0 Å². The molecule has 1 fully saturated rings. The van der Waals surface area contributed by atoms with Crippen molar-refractivity contribution in [3.05, 3.63) is 0 Å². The minimum atomic E-state index is -0.416. The van der Waals surface area contributed by atoms with Gasteiger partial charge in [0.05, 0.1) is 11.8 Å². The van der Waals surface area contributed by atoms with Crippen LogP contribution < -0.4 is 0 Å². The standard InChI is InChI=1S/C8H12O4/c1-5-6(3-4-11-2)8(10)12-7(5)9/h5-6H,3-4H2,1-2H3. The van der Waals surface area contributed by atoms with Gasteiger partial charge in [0.15, 0.2) is 0 Å². The van der Waals surface area contributed by atoms with Crippen LogP contribution in [0.5, 0.6) is 0 Å². The van der Waals surface area contributed by atoms with Gasteiger partial charge in [0, 0.05) is 13.7 Å². The number of ether oxygens (including phenoxy) is 2. The van der Waals surface area contributed by atoms with Crippen LogP contribution in [0.4, 0.5) is 0 Å². The van der Waals surface area contributed by atoms with Crippen molar-refractivity contribution in [1.29, 1.82) is 0 Å². The minimum Gasteiger partial charge on any atom is -0.393 e. The third-order valence-corrected chi connectivity index (χ3v) is 2.11. The average molecular weight is 172 g/mol. The van der Waals surface area contributed by atoms with Crippen LogP contribution in [0.2, 0.25) is 0 Å². The number of rotatable bonds is 3. The van der Waals surface area contributed by atoms with Crippen LogP contribution in [0.1, 0.15) is 13.3 Å². The Hall–Kier alpha value is -0.900. The second-order valence-electron chi connectivity index (χ2n) is 2.92. The molecule has 0 radical (unpaired) electrons. The summed E-state index contributed by atoms with van der Waals surface area (Å²) in [6, 6.07) is 0. The number of hydrogen-bond donors (Lipinski definition) is 0. The summed E-state index contributed by atoms with van der Waals surface area (Å²) in [4.78, 5) is 21.9. The van der Waals surface area contributed by atoms with Gasteiger partial charge in [-0.1, -0.05) is 6.92 Å². The van der Waals surface area contributed by atoms with Gasteiger partial charge in [-0.25, -0.2) is 0 Å². The molecule has 0 spiro atoms. The summed E-state index contributed by atoms with van der Waals surface area (Å²) in [7, 11) is 1.56. The lowest BCUT2D eigenvalue weighted by Crippen LogP contribution is -2.16. The molecular formula is C8H12O4. The summed E-state index contributed by atoms with van der Waals surface area (Å²) in [6.07, 6.45) is 0.558. The van der Waals surface area contributed by atoms with Crippen molar-refractivity contribution in [2.45, 2.75) is 13.3 Å². The molecule has 1 rings (SSSR count). The highest BCUT2D eigenvalue weighted by molar-refractivity contribution is 5.96. The Morgan fingerprint density at radius 1 is 1.42 bits per heavy atom. The van der Waals surface area contributed by atoms with E-state index < -0.39 is 11.9 Å². The topological polar surface area (TPSA) is 52.6 Å². The first-order valence-electron chi connectivity index (χ1n) is 3.91. The monoisotopic (exact) mass is 172 g/mol. The number of carbonyl (C=O) groups is 2. The van der Waals surface area contributed by atoms with Crippen LogP contribution in [0.3, 0.4) is 0 Å². The zero-order valence-corrected chi connectivity index (χ0v) is 7.20. The van der Waals surface area contributed by atoms with Crippen molar-refractivity contribution in [3.8, 4) is 0 Å². The molecular weight excluding hydrogens is 160 g/mol. The molecule has 0 aromatic heterocycles. The van der Waals surface area contributed by atoms with E-state index in [1.807, 2.05) is 0 Å². The number of methoxy groups -OCH3 is 1. The first-order chi connectivity index (χ1) is 5.66. The first kappa shape index (κ1) is 9.19. The fraction of sp³-hybridized carbons (Fsp3) is 0.750. The summed E-state index contributed by atoms with van der Waals surface area (Å²) in [6.45, 7) is 2.19. The average Bonchev–Trinajstić information content (AvgIpc) is 2.25. The molecule has 1 heterocycles. The highest BCUT2D eigenvalue weighted by Crippen LogP contribution is 2.25. The van der Waals surface area contributed by atoms with Crippen LogP contribution in [0, 0.1) is 11.8 Å². The van der Waals surface area contributed by atoms with Gasteiger partial charge >= 0.3 is 11.9 Å². The van der Waals surface area contributed by atoms with E-state index in [9.17, 15) is 9.59 Å². The Balaban J connectivity index is 2.51. The van der Waals surface area contributed by atoms with E-state index in [4.69, 9.17) is 4.74 Å². The van der Waals surface area contributed by atoms with Gasteiger partial charge in [0.2, 0.25) is 0 Å². The molecule has 4 heteroatoms. The van der Waals surface area contributed by atoms with Crippen LogP contribution in [0.25, 0.3) is 0 Å². The Morgan fingerprint density at radius 2 is 2.08 bits per heavy atom. The molecule has 0 aliphatic carbocycles. The molecule has 2 unspecified atom stereocenters. The van der Waals surface area contributed by atoms with Crippen molar-refractivity contribution in [1.82, 2.24) is 0 Å². The van der Waals surface area contributed by atoms with Crippen LogP contribution in [-0.2, 0) is 19.1 Å². The van der Waals surface area contributed by atoms with Crippen molar-refractivity contribution in [3.63, 3.8) is 0 Å². The number of carbonyl (C=O) groups excluding carboxylic acids is 2. The lowest BCUT2D eigenvalue weighted by molar-refractivity contribution is -0.153. The molecule has 68 valence electrons. The SMILES string of the molecule is COCCC1C(=O)OC(=O)C1C. The van der Waals surface area contributed by atoms with Gasteiger partial charge in [0.1, 0.15) is 0 Å². The van der Waals surface area contributed by atoms with E-state index in [1.54, 1.807) is 14.0 Å². The van der Waals surface area contributed by atoms with Crippen molar-refractivity contribution >= 4 is 11.9 Å². The third kappa shape index (κ3) is 1.64. The van der Waals surface area contributed by atoms with E-state index in [0.29, 0.717) is 13.0 Å². The molecule has 12 heavy (non-hydrogen) atoms. The molecule has 1 aliphatic heterocycles. The van der Waals surface area contributed by atoms with Gasteiger partial charge < -0.3 is 9.47 Å². The molecule has 0 N–H and O–H groups in total. The quantitative estimate of drug-likeness (QED) is 0.455. The summed E-state index contributed by atoms with van der Waals surface area (Å²) in [5, 5.41) is 0. The van der Waals surface area contributed by atoms with Gasteiger partial charge in [0.25, 0.3) is 0 Å². The smallest absolute Gasteiger partial charge is 0.317 e. The maximum Gasteiger partial charge on any atom is 0.317 e. The molecule has 0 aromatic carbocycles. The third-order valence-electron chi connectivity index (χ3n) is 2.11. The molecule has 1 aliphatic rings. The predicted octanol–water partition coefficient (Wildman–Crippen LogP) is 0.359. The normalized spacial score (nSPS) is 29.2. The van der Waals surface area contributed by atoms with E-state index in [2.05, 4.69) is 4.74 Å². The largest absolute Gasteiger partial charge is 0.393 e. The number of cyclic esters (lactones) is 2. The Bertz CT molecular complexity index is 199. The molecule has 0 amide bonds. The second kappa shape index (κ2) is 3.67. The molecule has 4 nitrogen and oxygen atoms in total. The van der Waals surface area contributed by atoms with Gasteiger partial charge in [-0.05, 0) is 6.42 Å². The maximum absolute atomic E-state index is 11.0. The number of hydrogen-bond acceptors (Lipinski definition) is 4. The Kier molecular flexibility index (Phi) is 2.81. The van der Waals surface area contributed by atoms with Gasteiger partial charge in [-0.2, -0.15) is 0 Å². The highest BCUT2D eigenvalue weighted by Gasteiger charge is 2.40. The van der Waals surface area contributed by atoms with E-state index in [0.717, 1.165) is 0 Å². The Morgan fingerprint density at radius 3 is 2.50 bits per heavy atom. The lowest BCUT2D eigenvalue weighted by Gasteiger charge is -2.06. The summed E-state index contributed by atoms with van der Waals surface area (Å²) >= 11 is 0. The molecule has 0 aromatic rings. The predicted molar refractivity (Wildman–Crippen MR) is 40.2 cm³/mol. The zero-order valence-electron chi connectivity index (χ0n) is 7.20. The maximum atomic E-state index is 11.0. The zero-order chi connectivity index (χ0) is 9.14. The summed E-state index contributed by atoms with van der Waals surface area (Å²) in [5.74, 6) is -1.45. The van der Waals surface area contributed by atoms with Crippen LogP contribution >= 0.6 is 0 Å². The fourth-order valence-electron chi connectivity index (χ4n) is 1.25. The van der Waals surface area contributed by atoms with E-state index >= 15 is 0 Å². The van der Waals surface area contributed by atoms with Crippen LogP contribution in [0.15, 0.2) is 0 Å². The summed E-state index contributed by atoms with van der Waals surface area (Å²) in [5.41, 5.74) is 0. The molecule has 0 bridgehead atoms. The van der Waals surface area contributed by atoms with Gasteiger partial charge in [-0.3, -0.25) is 9.59 Å². The minimum absolute atomic E-state index is 0.308. The van der Waals surface area contributed by atoms with Gasteiger partial charge in [-0.15, -0.1) is 0 Å². The Labute approximate surface area is 70.8 Å². The summed E-state index contributed by atoms with van der Waals surface area (Å²) < 4.78 is 9.27. The lowest BCUT2D eigenvalue weighted by atomic mass is 9.94.